The van der Waals surface area contributed by atoms with E-state index < -0.39 is 0 Å². The molecule has 2 aliphatic rings. The molecule has 2 atom stereocenters. The van der Waals surface area contributed by atoms with Crippen molar-refractivity contribution in [2.75, 3.05) is 31.1 Å². The number of piperidine rings is 1. The van der Waals surface area contributed by atoms with Gasteiger partial charge >= 0.3 is 0 Å². The van der Waals surface area contributed by atoms with Gasteiger partial charge in [-0.3, -0.25) is 10.00 Å². The molecular weight excluding hydrogens is 360 g/mol. The summed E-state index contributed by atoms with van der Waals surface area (Å²) >= 11 is 6.30. The Morgan fingerprint density at radius 1 is 1.19 bits per heavy atom. The number of aromatic nitrogens is 2. The summed E-state index contributed by atoms with van der Waals surface area (Å²) in [6.07, 6.45) is 2.86. The normalized spacial score (nSPS) is 24.7. The molecule has 3 heterocycles. The van der Waals surface area contributed by atoms with E-state index in [0.29, 0.717) is 6.04 Å². The van der Waals surface area contributed by atoms with Gasteiger partial charge in [0.15, 0.2) is 0 Å². The molecule has 5 nitrogen and oxygen atoms in total. The van der Waals surface area contributed by atoms with Crippen molar-refractivity contribution >= 4 is 17.3 Å². The number of aromatic amines is 1. The summed E-state index contributed by atoms with van der Waals surface area (Å²) in [6.45, 7) is 7.89. The summed E-state index contributed by atoms with van der Waals surface area (Å²) in [7, 11) is 0. The highest BCUT2D eigenvalue weighted by atomic mass is 35.5. The van der Waals surface area contributed by atoms with Gasteiger partial charge in [0.25, 0.3) is 0 Å². The van der Waals surface area contributed by atoms with E-state index in [1.807, 2.05) is 13.8 Å². The molecule has 2 aliphatic heterocycles. The number of β-amino-alcohol motifs (C(OH)–C–C–N with tert-alkyl or cyclic N) is 1. The third-order valence-electron chi connectivity index (χ3n) is 6.17. The van der Waals surface area contributed by atoms with E-state index >= 15 is 0 Å². The second-order valence-corrected chi connectivity index (χ2v) is 8.59. The summed E-state index contributed by atoms with van der Waals surface area (Å²) in [4.78, 5) is 4.92. The molecule has 0 amide bonds. The number of hydrogen-bond donors (Lipinski definition) is 2. The van der Waals surface area contributed by atoms with Gasteiger partial charge < -0.3 is 10.0 Å². The molecule has 6 heteroatoms. The molecule has 0 saturated carbocycles. The second kappa shape index (κ2) is 7.82. The number of halogens is 1. The maximum atomic E-state index is 10.5. The van der Waals surface area contributed by atoms with E-state index in [-0.39, 0.29) is 12.0 Å². The number of rotatable bonds is 4. The first kappa shape index (κ1) is 18.8. The lowest BCUT2D eigenvalue weighted by Crippen LogP contribution is -2.44. The zero-order valence-corrected chi connectivity index (χ0v) is 16.9. The molecule has 1 aromatic heterocycles. The number of nitrogens with zero attached hydrogens (tertiary/aromatic N) is 3. The minimum absolute atomic E-state index is 0.254. The molecule has 0 radical (unpaired) electrons. The number of anilines is 1. The first-order valence-corrected chi connectivity index (χ1v) is 10.3. The SMILES string of the molecule is Cc1cc(C[C@@H]2CN(C3CCN(c4ccc(C)c(Cl)c4)CC3)C[C@H]2O)n[nH]1. The molecule has 4 rings (SSSR count). The third-order valence-corrected chi connectivity index (χ3v) is 6.57. The lowest BCUT2D eigenvalue weighted by Gasteiger charge is -2.38. The average molecular weight is 389 g/mol. The Labute approximate surface area is 166 Å². The monoisotopic (exact) mass is 388 g/mol. The van der Waals surface area contributed by atoms with Crippen molar-refractivity contribution < 1.29 is 5.11 Å². The van der Waals surface area contributed by atoms with E-state index in [1.165, 1.54) is 5.69 Å². The first-order chi connectivity index (χ1) is 13.0. The molecular formula is C21H29ClN4O. The lowest BCUT2D eigenvalue weighted by molar-refractivity contribution is 0.131. The van der Waals surface area contributed by atoms with Crippen molar-refractivity contribution in [1.82, 2.24) is 15.1 Å². The summed E-state index contributed by atoms with van der Waals surface area (Å²) in [5.74, 6) is 0.279. The topological polar surface area (TPSA) is 55.4 Å². The van der Waals surface area contributed by atoms with Crippen LogP contribution in [0.15, 0.2) is 24.3 Å². The molecule has 0 aliphatic carbocycles. The van der Waals surface area contributed by atoms with Gasteiger partial charge in [0.05, 0.1) is 11.8 Å². The maximum absolute atomic E-state index is 10.5. The van der Waals surface area contributed by atoms with Gasteiger partial charge in [-0.2, -0.15) is 5.10 Å². The molecule has 146 valence electrons. The number of likely N-dealkylation sites (tertiary alicyclic amines) is 1. The fraction of sp³-hybridized carbons (Fsp3) is 0.571. The largest absolute Gasteiger partial charge is 0.391 e. The molecule has 0 spiro atoms. The average Bonchev–Trinajstić information content (AvgIpc) is 3.23. The van der Waals surface area contributed by atoms with E-state index in [1.54, 1.807) is 0 Å². The van der Waals surface area contributed by atoms with Gasteiger partial charge in [-0.15, -0.1) is 0 Å². The Balaban J connectivity index is 1.32. The van der Waals surface area contributed by atoms with Crippen LogP contribution in [0, 0.1) is 19.8 Å². The number of aryl methyl sites for hydroxylation is 2. The van der Waals surface area contributed by atoms with Crippen molar-refractivity contribution in [3.8, 4) is 0 Å². The Hall–Kier alpha value is -1.56. The highest BCUT2D eigenvalue weighted by molar-refractivity contribution is 6.31. The Kier molecular flexibility index (Phi) is 5.44. The van der Waals surface area contributed by atoms with Gasteiger partial charge in [0.1, 0.15) is 0 Å². The molecule has 2 fully saturated rings. The summed E-state index contributed by atoms with van der Waals surface area (Å²) in [5.41, 5.74) is 4.49. The molecule has 0 bridgehead atoms. The number of benzene rings is 1. The predicted molar refractivity (Wildman–Crippen MR) is 110 cm³/mol. The Morgan fingerprint density at radius 3 is 2.63 bits per heavy atom. The number of nitrogens with one attached hydrogen (secondary N) is 1. The van der Waals surface area contributed by atoms with Crippen LogP contribution < -0.4 is 4.90 Å². The standard InChI is InChI=1S/C21H29ClN4O/c1-14-3-4-19(11-20(14)22)25-7-5-18(6-8-25)26-12-16(21(27)13-26)10-17-9-15(2)23-24-17/h3-4,9,11,16,18,21,27H,5-8,10,12-13H2,1-2H3,(H,23,24)/t16-,21-/m1/s1. The van der Waals surface area contributed by atoms with Crippen LogP contribution in [0.2, 0.25) is 5.02 Å². The van der Waals surface area contributed by atoms with Crippen LogP contribution in [-0.4, -0.2) is 58.5 Å². The molecule has 2 saturated heterocycles. The van der Waals surface area contributed by atoms with Crippen LogP contribution in [0.4, 0.5) is 5.69 Å². The highest BCUT2D eigenvalue weighted by Crippen LogP contribution is 2.30. The second-order valence-electron chi connectivity index (χ2n) is 8.18. The van der Waals surface area contributed by atoms with Crippen LogP contribution in [-0.2, 0) is 6.42 Å². The van der Waals surface area contributed by atoms with Crippen LogP contribution >= 0.6 is 11.6 Å². The van der Waals surface area contributed by atoms with Gasteiger partial charge in [-0.25, -0.2) is 0 Å². The number of aliphatic hydroxyl groups excluding tert-OH is 1. The molecule has 0 unspecified atom stereocenters. The summed E-state index contributed by atoms with van der Waals surface area (Å²) < 4.78 is 0. The Morgan fingerprint density at radius 2 is 1.96 bits per heavy atom. The van der Waals surface area contributed by atoms with Crippen LogP contribution in [0.25, 0.3) is 0 Å². The number of hydrogen-bond acceptors (Lipinski definition) is 4. The Bertz CT molecular complexity index is 784. The molecule has 2 N–H and O–H groups in total. The summed E-state index contributed by atoms with van der Waals surface area (Å²) in [5, 5.41) is 18.7. The van der Waals surface area contributed by atoms with Crippen molar-refractivity contribution in [2.45, 2.75) is 45.3 Å². The third kappa shape index (κ3) is 4.15. The van der Waals surface area contributed by atoms with E-state index in [2.05, 4.69) is 44.3 Å². The fourth-order valence-corrected chi connectivity index (χ4v) is 4.68. The minimum atomic E-state index is -0.254. The van der Waals surface area contributed by atoms with Gasteiger partial charge in [-0.05, 0) is 56.9 Å². The lowest BCUT2D eigenvalue weighted by atomic mass is 9.99. The van der Waals surface area contributed by atoms with Crippen molar-refractivity contribution in [1.29, 1.82) is 0 Å². The predicted octanol–water partition coefficient (Wildman–Crippen LogP) is 3.18. The fourth-order valence-electron chi connectivity index (χ4n) is 4.50. The molecule has 2 aromatic rings. The van der Waals surface area contributed by atoms with Crippen LogP contribution in [0.5, 0.6) is 0 Å². The van der Waals surface area contributed by atoms with Gasteiger partial charge in [0.2, 0.25) is 0 Å². The summed E-state index contributed by atoms with van der Waals surface area (Å²) in [6, 6.07) is 8.99. The highest BCUT2D eigenvalue weighted by Gasteiger charge is 2.36. The number of aliphatic hydroxyl groups is 1. The van der Waals surface area contributed by atoms with Crippen molar-refractivity contribution in [3.63, 3.8) is 0 Å². The molecule has 27 heavy (non-hydrogen) atoms. The van der Waals surface area contributed by atoms with Gasteiger partial charge in [0, 0.05) is 54.5 Å². The van der Waals surface area contributed by atoms with E-state index in [4.69, 9.17) is 11.6 Å². The quantitative estimate of drug-likeness (QED) is 0.844. The zero-order chi connectivity index (χ0) is 19.0. The van der Waals surface area contributed by atoms with E-state index in [0.717, 1.165) is 67.4 Å². The zero-order valence-electron chi connectivity index (χ0n) is 16.2. The molecule has 1 aromatic carbocycles. The minimum Gasteiger partial charge on any atom is -0.391 e. The number of H-pyrrole nitrogens is 1. The van der Waals surface area contributed by atoms with Crippen LogP contribution in [0.1, 0.15) is 29.8 Å². The van der Waals surface area contributed by atoms with E-state index in [9.17, 15) is 5.11 Å². The first-order valence-electron chi connectivity index (χ1n) is 9.93. The van der Waals surface area contributed by atoms with Gasteiger partial charge in [-0.1, -0.05) is 17.7 Å². The van der Waals surface area contributed by atoms with Crippen molar-refractivity contribution in [3.05, 3.63) is 46.2 Å². The van der Waals surface area contributed by atoms with Crippen molar-refractivity contribution in [2.24, 2.45) is 5.92 Å². The smallest absolute Gasteiger partial charge is 0.0711 e. The maximum Gasteiger partial charge on any atom is 0.0711 e. The van der Waals surface area contributed by atoms with Crippen LogP contribution in [0.3, 0.4) is 0 Å².